The number of carbonyl (C=O) groups is 2. The van der Waals surface area contributed by atoms with Crippen molar-refractivity contribution in [3.8, 4) is 23.0 Å². The highest BCUT2D eigenvalue weighted by Crippen LogP contribution is 2.40. The van der Waals surface area contributed by atoms with E-state index in [1.807, 2.05) is 31.2 Å². The first-order valence-electron chi connectivity index (χ1n) is 10.5. The fourth-order valence-electron chi connectivity index (χ4n) is 4.14. The number of carbonyl (C=O) groups excluding carboxylic acids is 1. The van der Waals surface area contributed by atoms with E-state index in [0.717, 1.165) is 16.7 Å². The summed E-state index contributed by atoms with van der Waals surface area (Å²) >= 11 is 0. The number of anilines is 1. The van der Waals surface area contributed by atoms with Crippen LogP contribution in [0.2, 0.25) is 0 Å². The minimum absolute atomic E-state index is 0.183. The Morgan fingerprint density at radius 2 is 2.00 bits per heavy atom. The van der Waals surface area contributed by atoms with Crippen molar-refractivity contribution in [1.29, 1.82) is 0 Å². The van der Waals surface area contributed by atoms with Gasteiger partial charge in [-0.2, -0.15) is 14.9 Å². The number of carboxylic acid groups (broad SMARTS) is 1. The van der Waals surface area contributed by atoms with Crippen LogP contribution >= 0.6 is 0 Å². The number of rotatable bonds is 5. The van der Waals surface area contributed by atoms with Crippen LogP contribution in [0.15, 0.2) is 54.7 Å². The molecule has 4 aromatic rings. The third kappa shape index (κ3) is 3.75. The number of nitrogens with one attached hydrogen (secondary N) is 1. The van der Waals surface area contributed by atoms with Crippen molar-refractivity contribution in [1.82, 2.24) is 25.0 Å². The molecule has 1 aliphatic heterocycles. The molecule has 170 valence electrons. The largest absolute Gasteiger partial charge is 0.497 e. The molecule has 0 bridgehead atoms. The summed E-state index contributed by atoms with van der Waals surface area (Å²) < 4.78 is 6.78. The monoisotopic (exact) mass is 456 g/mol. The van der Waals surface area contributed by atoms with Crippen molar-refractivity contribution < 1.29 is 19.4 Å². The van der Waals surface area contributed by atoms with Crippen molar-refractivity contribution in [2.75, 3.05) is 12.4 Å². The lowest BCUT2D eigenvalue weighted by Gasteiger charge is -2.24. The number of hydrogen-bond donors (Lipinski definition) is 2. The van der Waals surface area contributed by atoms with Crippen molar-refractivity contribution in [2.24, 2.45) is 0 Å². The smallest absolute Gasteiger partial charge is 0.335 e. The van der Waals surface area contributed by atoms with Gasteiger partial charge in [-0.05, 0) is 36.8 Å². The number of hydrogen-bond acceptors (Lipinski definition) is 7. The van der Waals surface area contributed by atoms with Crippen LogP contribution in [-0.4, -0.2) is 49.1 Å². The molecule has 0 aliphatic carbocycles. The summed E-state index contributed by atoms with van der Waals surface area (Å²) in [5, 5.41) is 24.9. The number of benzene rings is 2. The highest BCUT2D eigenvalue weighted by molar-refractivity contribution is 5.95. The summed E-state index contributed by atoms with van der Waals surface area (Å²) in [6, 6.07) is 14.0. The third-order valence-corrected chi connectivity index (χ3v) is 5.77. The van der Waals surface area contributed by atoms with Gasteiger partial charge in [0.05, 0.1) is 30.3 Å². The molecule has 10 heteroatoms. The third-order valence-electron chi connectivity index (χ3n) is 5.77. The summed E-state index contributed by atoms with van der Waals surface area (Å²) in [6.45, 7) is 1.85. The minimum Gasteiger partial charge on any atom is -0.497 e. The van der Waals surface area contributed by atoms with E-state index < -0.39 is 5.97 Å². The van der Waals surface area contributed by atoms with E-state index in [2.05, 4.69) is 25.6 Å². The van der Waals surface area contributed by atoms with Crippen LogP contribution in [0.3, 0.4) is 0 Å². The SMILES string of the molecule is COc1cccc(-c2cnnc(-n3nc(C)c4c3NC(=O)C[C@@H]4c3ccc(C(=O)O)cc3)n2)c1. The molecular weight excluding hydrogens is 436 g/mol. The highest BCUT2D eigenvalue weighted by atomic mass is 16.5. The zero-order chi connectivity index (χ0) is 23.8. The van der Waals surface area contributed by atoms with E-state index in [-0.39, 0.29) is 29.8 Å². The second-order valence-corrected chi connectivity index (χ2v) is 7.87. The first kappa shape index (κ1) is 21.3. The zero-order valence-electron chi connectivity index (χ0n) is 18.4. The maximum atomic E-state index is 12.6. The fraction of sp³-hybridized carbons (Fsp3) is 0.167. The Hall–Kier alpha value is -4.60. The van der Waals surface area contributed by atoms with E-state index in [1.54, 1.807) is 25.4 Å². The van der Waals surface area contributed by atoms with Gasteiger partial charge >= 0.3 is 5.97 Å². The van der Waals surface area contributed by atoms with Crippen LogP contribution in [0.5, 0.6) is 5.75 Å². The molecule has 0 saturated heterocycles. The molecule has 0 unspecified atom stereocenters. The van der Waals surface area contributed by atoms with Gasteiger partial charge in [-0.25, -0.2) is 9.78 Å². The average molecular weight is 456 g/mol. The lowest BCUT2D eigenvalue weighted by molar-refractivity contribution is -0.116. The molecule has 2 N–H and O–H groups in total. The number of fused-ring (bicyclic) bond motifs is 1. The number of ether oxygens (including phenoxy) is 1. The summed E-state index contributed by atoms with van der Waals surface area (Å²) in [5.74, 6) is -0.0857. The molecule has 1 amide bonds. The number of aromatic nitrogens is 5. The van der Waals surface area contributed by atoms with Gasteiger partial charge in [-0.1, -0.05) is 24.3 Å². The van der Waals surface area contributed by atoms with Gasteiger partial charge in [0.2, 0.25) is 5.91 Å². The maximum Gasteiger partial charge on any atom is 0.335 e. The van der Waals surface area contributed by atoms with Crippen LogP contribution in [-0.2, 0) is 4.79 Å². The first-order chi connectivity index (χ1) is 16.4. The summed E-state index contributed by atoms with van der Waals surface area (Å²) in [7, 11) is 1.59. The highest BCUT2D eigenvalue weighted by Gasteiger charge is 2.33. The predicted octanol–water partition coefficient (Wildman–Crippen LogP) is 3.21. The quantitative estimate of drug-likeness (QED) is 0.468. The van der Waals surface area contributed by atoms with Crippen molar-refractivity contribution in [3.05, 3.63) is 77.1 Å². The molecule has 5 rings (SSSR count). The van der Waals surface area contributed by atoms with Crippen LogP contribution in [0.25, 0.3) is 17.2 Å². The normalized spacial score (nSPS) is 14.9. The Morgan fingerprint density at radius 1 is 1.21 bits per heavy atom. The molecule has 2 aromatic heterocycles. The molecule has 10 nitrogen and oxygen atoms in total. The van der Waals surface area contributed by atoms with Gasteiger partial charge in [-0.15, -0.1) is 5.10 Å². The molecule has 3 heterocycles. The summed E-state index contributed by atoms with van der Waals surface area (Å²) in [4.78, 5) is 28.5. The van der Waals surface area contributed by atoms with Crippen molar-refractivity contribution in [2.45, 2.75) is 19.3 Å². The van der Waals surface area contributed by atoms with E-state index in [1.165, 1.54) is 16.8 Å². The van der Waals surface area contributed by atoms with Crippen LogP contribution < -0.4 is 10.1 Å². The summed E-state index contributed by atoms with van der Waals surface area (Å²) in [6.07, 6.45) is 1.77. The number of aromatic carboxylic acids is 1. The molecule has 0 radical (unpaired) electrons. The molecule has 1 aliphatic rings. The maximum absolute atomic E-state index is 12.6. The lowest BCUT2D eigenvalue weighted by atomic mass is 9.85. The van der Waals surface area contributed by atoms with Gasteiger partial charge < -0.3 is 15.2 Å². The lowest BCUT2D eigenvalue weighted by Crippen LogP contribution is -2.25. The molecular formula is C24H20N6O4. The Bertz CT molecular complexity index is 1410. The molecule has 2 aromatic carbocycles. The second-order valence-electron chi connectivity index (χ2n) is 7.87. The number of carboxylic acids is 1. The Balaban J connectivity index is 1.58. The van der Waals surface area contributed by atoms with E-state index >= 15 is 0 Å². The van der Waals surface area contributed by atoms with Crippen molar-refractivity contribution >= 4 is 17.7 Å². The Morgan fingerprint density at radius 3 is 2.74 bits per heavy atom. The van der Waals surface area contributed by atoms with Gasteiger partial charge in [0, 0.05) is 23.5 Å². The van der Waals surface area contributed by atoms with Gasteiger partial charge in [0.25, 0.3) is 5.95 Å². The van der Waals surface area contributed by atoms with Crippen LogP contribution in [0.1, 0.15) is 39.5 Å². The van der Waals surface area contributed by atoms with Crippen LogP contribution in [0, 0.1) is 6.92 Å². The number of methoxy groups -OCH3 is 1. The first-order valence-corrected chi connectivity index (χ1v) is 10.5. The van der Waals surface area contributed by atoms with E-state index in [4.69, 9.17) is 4.74 Å². The molecule has 1 atom stereocenters. The van der Waals surface area contributed by atoms with Gasteiger partial charge in [0.15, 0.2) is 0 Å². The number of nitrogens with zero attached hydrogens (tertiary/aromatic N) is 5. The Labute approximate surface area is 194 Å². The standard InChI is InChI=1S/C24H20N6O4/c1-13-21-18(14-6-8-15(9-7-14)23(32)33)11-20(31)27-22(21)30(29-13)24-26-19(12-25-28-24)16-4-3-5-17(10-16)34-2/h3-10,12,18H,11H2,1-2H3,(H,27,31)(H,32,33)/t18-/m1/s1. The fourth-order valence-corrected chi connectivity index (χ4v) is 4.14. The zero-order valence-corrected chi connectivity index (χ0v) is 18.4. The number of aryl methyl sites for hydroxylation is 1. The predicted molar refractivity (Wildman–Crippen MR) is 122 cm³/mol. The second kappa shape index (κ2) is 8.39. The number of amides is 1. The Kier molecular flexibility index (Phi) is 5.25. The minimum atomic E-state index is -1.00. The van der Waals surface area contributed by atoms with Crippen molar-refractivity contribution in [3.63, 3.8) is 0 Å². The topological polar surface area (TPSA) is 132 Å². The van der Waals surface area contributed by atoms with Gasteiger partial charge in [0.1, 0.15) is 11.6 Å². The molecule has 0 saturated carbocycles. The van der Waals surface area contributed by atoms with Crippen LogP contribution in [0.4, 0.5) is 5.82 Å². The molecule has 0 fully saturated rings. The van der Waals surface area contributed by atoms with E-state index in [0.29, 0.717) is 23.0 Å². The molecule has 34 heavy (non-hydrogen) atoms. The van der Waals surface area contributed by atoms with Gasteiger partial charge in [-0.3, -0.25) is 4.79 Å². The average Bonchev–Trinajstić information content (AvgIpc) is 3.19. The summed E-state index contributed by atoms with van der Waals surface area (Å²) in [5.41, 5.74) is 3.93. The van der Waals surface area contributed by atoms with E-state index in [9.17, 15) is 14.7 Å². The molecule has 0 spiro atoms.